The highest BCUT2D eigenvalue weighted by Gasteiger charge is 2.36. The van der Waals surface area contributed by atoms with Crippen molar-refractivity contribution in [2.24, 2.45) is 5.92 Å². The van der Waals surface area contributed by atoms with Gasteiger partial charge in [-0.3, -0.25) is 14.4 Å². The number of hydrogen-bond acceptors (Lipinski definition) is 4. The van der Waals surface area contributed by atoms with Gasteiger partial charge in [0.1, 0.15) is 0 Å². The van der Waals surface area contributed by atoms with Gasteiger partial charge in [-0.25, -0.2) is 0 Å². The summed E-state index contributed by atoms with van der Waals surface area (Å²) in [5.74, 6) is -0.443. The average Bonchev–Trinajstić information content (AvgIpc) is 3.05. The van der Waals surface area contributed by atoms with Crippen LogP contribution < -0.4 is 10.2 Å². The van der Waals surface area contributed by atoms with Crippen LogP contribution in [0.2, 0.25) is 0 Å². The van der Waals surface area contributed by atoms with Crippen LogP contribution in [0.3, 0.4) is 0 Å². The molecule has 1 N–H and O–H groups in total. The minimum Gasteiger partial charge on any atom is -0.469 e. The smallest absolute Gasteiger partial charge is 0.305 e. The molecule has 6 heteroatoms. The van der Waals surface area contributed by atoms with E-state index in [1.165, 1.54) is 7.11 Å². The molecule has 1 fully saturated rings. The molecular weight excluding hydrogens is 332 g/mol. The molecule has 0 unspecified atom stereocenters. The van der Waals surface area contributed by atoms with Crippen molar-refractivity contribution in [2.45, 2.75) is 45.4 Å². The van der Waals surface area contributed by atoms with Gasteiger partial charge >= 0.3 is 5.97 Å². The van der Waals surface area contributed by atoms with E-state index in [1.807, 2.05) is 18.2 Å². The molecule has 1 saturated heterocycles. The van der Waals surface area contributed by atoms with Crippen molar-refractivity contribution in [3.63, 3.8) is 0 Å². The van der Waals surface area contributed by atoms with Crippen molar-refractivity contribution in [1.29, 1.82) is 0 Å². The first-order valence-corrected chi connectivity index (χ1v) is 9.21. The largest absolute Gasteiger partial charge is 0.469 e. The van der Waals surface area contributed by atoms with Crippen molar-refractivity contribution in [3.8, 4) is 0 Å². The van der Waals surface area contributed by atoms with Crippen molar-refractivity contribution in [1.82, 2.24) is 5.32 Å². The predicted molar refractivity (Wildman–Crippen MR) is 99.9 cm³/mol. The highest BCUT2D eigenvalue weighted by Crippen LogP contribution is 2.33. The number of carbonyl (C=O) groups excluding carboxylic acids is 3. The molecule has 2 amide bonds. The number of para-hydroxylation sites is 1. The number of hydrogen-bond donors (Lipinski definition) is 1. The zero-order chi connectivity index (χ0) is 19.1. The monoisotopic (exact) mass is 360 g/mol. The van der Waals surface area contributed by atoms with E-state index in [0.717, 1.165) is 17.7 Å². The lowest BCUT2D eigenvalue weighted by molar-refractivity contribution is -0.140. The van der Waals surface area contributed by atoms with Gasteiger partial charge in [-0.1, -0.05) is 32.0 Å². The Hall–Kier alpha value is -2.37. The third-order valence-electron chi connectivity index (χ3n) is 4.95. The Morgan fingerprint density at radius 1 is 1.35 bits per heavy atom. The minimum atomic E-state index is -0.356. The molecule has 2 rings (SSSR count). The maximum atomic E-state index is 12.5. The number of nitrogens with one attached hydrogen (secondary N) is 1. The van der Waals surface area contributed by atoms with Crippen molar-refractivity contribution >= 4 is 23.5 Å². The van der Waals surface area contributed by atoms with Gasteiger partial charge in [-0.05, 0) is 30.4 Å². The topological polar surface area (TPSA) is 75.7 Å². The molecule has 1 aliphatic rings. The molecule has 1 aromatic carbocycles. The standard InChI is InChI=1S/C20H28N2O4/c1-4-14(2)16-8-5-6-9-17(16)22-13-15(12-18(22)23)20(25)21-11-7-10-19(24)26-3/h5-6,8-9,14-15H,4,7,10-13H2,1-3H3,(H,21,25)/t14-,15+/m0/s1. The molecule has 142 valence electrons. The number of nitrogens with zero attached hydrogens (tertiary/aromatic N) is 1. The summed E-state index contributed by atoms with van der Waals surface area (Å²) in [4.78, 5) is 37.7. The van der Waals surface area contributed by atoms with Gasteiger partial charge in [0.25, 0.3) is 0 Å². The molecule has 6 nitrogen and oxygen atoms in total. The number of rotatable bonds is 8. The highest BCUT2D eigenvalue weighted by molar-refractivity contribution is 6.00. The molecule has 0 bridgehead atoms. The van der Waals surface area contributed by atoms with Gasteiger partial charge in [0.05, 0.1) is 13.0 Å². The Labute approximate surface area is 154 Å². The van der Waals surface area contributed by atoms with Crippen LogP contribution in [-0.4, -0.2) is 38.0 Å². The summed E-state index contributed by atoms with van der Waals surface area (Å²) in [5, 5.41) is 2.82. The van der Waals surface area contributed by atoms with Crippen molar-refractivity contribution in [2.75, 3.05) is 25.1 Å². The summed E-state index contributed by atoms with van der Waals surface area (Å²) in [5.41, 5.74) is 2.05. The number of anilines is 1. The van der Waals surface area contributed by atoms with E-state index in [9.17, 15) is 14.4 Å². The Morgan fingerprint density at radius 3 is 2.77 bits per heavy atom. The van der Waals surface area contributed by atoms with E-state index in [2.05, 4.69) is 30.0 Å². The SMILES string of the molecule is CC[C@H](C)c1ccccc1N1C[C@H](C(=O)NCCCC(=O)OC)CC1=O. The van der Waals surface area contributed by atoms with E-state index in [1.54, 1.807) is 4.90 Å². The first-order chi connectivity index (χ1) is 12.5. The minimum absolute atomic E-state index is 0.0181. The lowest BCUT2D eigenvalue weighted by atomic mass is 9.96. The number of amides is 2. The van der Waals surface area contributed by atoms with Gasteiger partial charge in [-0.2, -0.15) is 0 Å². The zero-order valence-corrected chi connectivity index (χ0v) is 15.8. The summed E-state index contributed by atoms with van der Waals surface area (Å²) >= 11 is 0. The number of ether oxygens (including phenoxy) is 1. The molecule has 0 radical (unpaired) electrons. The second-order valence-corrected chi connectivity index (χ2v) is 6.74. The number of benzene rings is 1. The van der Waals surface area contributed by atoms with Crippen LogP contribution in [0, 0.1) is 5.92 Å². The summed E-state index contributed by atoms with van der Waals surface area (Å²) in [6.45, 7) is 5.07. The van der Waals surface area contributed by atoms with Gasteiger partial charge in [-0.15, -0.1) is 0 Å². The van der Waals surface area contributed by atoms with Crippen LogP contribution in [0.25, 0.3) is 0 Å². The molecule has 1 aromatic rings. The Kier molecular flexibility index (Phi) is 7.18. The molecule has 1 heterocycles. The van der Waals surface area contributed by atoms with E-state index in [-0.39, 0.29) is 36.5 Å². The molecule has 0 saturated carbocycles. The van der Waals surface area contributed by atoms with E-state index in [4.69, 9.17) is 0 Å². The Bertz CT molecular complexity index is 659. The third-order valence-corrected chi connectivity index (χ3v) is 4.95. The second-order valence-electron chi connectivity index (χ2n) is 6.74. The molecule has 1 aliphatic heterocycles. The van der Waals surface area contributed by atoms with Crippen LogP contribution in [0.1, 0.15) is 51.0 Å². The van der Waals surface area contributed by atoms with Crippen molar-refractivity contribution < 1.29 is 19.1 Å². The lowest BCUT2D eigenvalue weighted by Crippen LogP contribution is -2.34. The summed E-state index contributed by atoms with van der Waals surface area (Å²) in [7, 11) is 1.34. The zero-order valence-electron chi connectivity index (χ0n) is 15.8. The Morgan fingerprint density at radius 2 is 2.08 bits per heavy atom. The third kappa shape index (κ3) is 4.84. The number of methoxy groups -OCH3 is 1. The predicted octanol–water partition coefficient (Wildman–Crippen LogP) is 2.62. The van der Waals surface area contributed by atoms with E-state index >= 15 is 0 Å². The maximum absolute atomic E-state index is 12.5. The molecular formula is C20H28N2O4. The van der Waals surface area contributed by atoms with Crippen molar-refractivity contribution in [3.05, 3.63) is 29.8 Å². The fraction of sp³-hybridized carbons (Fsp3) is 0.550. The van der Waals surface area contributed by atoms with Crippen LogP contribution in [-0.2, 0) is 19.1 Å². The molecule has 26 heavy (non-hydrogen) atoms. The Balaban J connectivity index is 1.96. The quantitative estimate of drug-likeness (QED) is 0.571. The van der Waals surface area contributed by atoms with Crippen LogP contribution >= 0.6 is 0 Å². The van der Waals surface area contributed by atoms with Gasteiger partial charge < -0.3 is 15.0 Å². The fourth-order valence-corrected chi connectivity index (χ4v) is 3.18. The van der Waals surface area contributed by atoms with E-state index in [0.29, 0.717) is 25.4 Å². The molecule has 2 atom stereocenters. The molecule has 0 aromatic heterocycles. The average molecular weight is 360 g/mol. The van der Waals surface area contributed by atoms with Crippen LogP contribution in [0.15, 0.2) is 24.3 Å². The summed E-state index contributed by atoms with van der Waals surface area (Å²) in [6, 6.07) is 7.92. The van der Waals surface area contributed by atoms with Crippen LogP contribution in [0.5, 0.6) is 0 Å². The normalized spacial score (nSPS) is 17.9. The first-order valence-electron chi connectivity index (χ1n) is 9.21. The fourth-order valence-electron chi connectivity index (χ4n) is 3.18. The first kappa shape index (κ1) is 19.9. The van der Waals surface area contributed by atoms with E-state index < -0.39 is 0 Å². The molecule has 0 spiro atoms. The lowest BCUT2D eigenvalue weighted by Gasteiger charge is -2.23. The highest BCUT2D eigenvalue weighted by atomic mass is 16.5. The summed E-state index contributed by atoms with van der Waals surface area (Å²) < 4.78 is 4.57. The number of esters is 1. The van der Waals surface area contributed by atoms with Gasteiger partial charge in [0.2, 0.25) is 11.8 Å². The van der Waals surface area contributed by atoms with Gasteiger partial charge in [0, 0.05) is 31.6 Å². The number of carbonyl (C=O) groups is 3. The molecule has 0 aliphatic carbocycles. The van der Waals surface area contributed by atoms with Gasteiger partial charge in [0.15, 0.2) is 0 Å². The second kappa shape index (κ2) is 9.36. The maximum Gasteiger partial charge on any atom is 0.305 e. The van der Waals surface area contributed by atoms with Crippen LogP contribution in [0.4, 0.5) is 5.69 Å². The summed E-state index contributed by atoms with van der Waals surface area (Å²) in [6.07, 6.45) is 2.01.